The molecule has 3 aliphatic heterocycles. The van der Waals surface area contributed by atoms with Crippen LogP contribution in [0.2, 0.25) is 0 Å². The fraction of sp³-hybridized carbons (Fsp3) is 0.529. The van der Waals surface area contributed by atoms with E-state index in [4.69, 9.17) is 19.4 Å². The third-order valence-electron chi connectivity index (χ3n) is 4.53. The number of methoxy groups -OCH3 is 1. The van der Waals surface area contributed by atoms with Gasteiger partial charge in [-0.1, -0.05) is 35.5 Å². The maximum absolute atomic E-state index is 11.2. The summed E-state index contributed by atoms with van der Waals surface area (Å²) in [6.45, 7) is 1.45. The highest BCUT2D eigenvalue weighted by Crippen LogP contribution is 2.36. The summed E-state index contributed by atoms with van der Waals surface area (Å²) < 4.78 is 10.5. The molecule has 5 rings (SSSR count). The van der Waals surface area contributed by atoms with E-state index in [-0.39, 0.29) is 0 Å². The Balaban J connectivity index is 0.000000213. The zero-order valence-corrected chi connectivity index (χ0v) is 13.3. The highest BCUT2D eigenvalue weighted by Gasteiger charge is 2.52. The van der Waals surface area contributed by atoms with E-state index in [0.717, 1.165) is 5.56 Å². The Morgan fingerprint density at radius 1 is 1.30 bits per heavy atom. The van der Waals surface area contributed by atoms with Gasteiger partial charge in [0.15, 0.2) is 6.10 Å². The summed E-state index contributed by atoms with van der Waals surface area (Å²) in [5, 5.41) is 13.0. The van der Waals surface area contributed by atoms with Crippen molar-refractivity contribution in [2.45, 2.75) is 50.1 Å². The third-order valence-corrected chi connectivity index (χ3v) is 4.53. The maximum Gasteiger partial charge on any atom is 0.353 e. The van der Waals surface area contributed by atoms with E-state index in [9.17, 15) is 4.79 Å². The van der Waals surface area contributed by atoms with Crippen molar-refractivity contribution in [2.75, 3.05) is 7.11 Å². The van der Waals surface area contributed by atoms with E-state index in [1.807, 2.05) is 30.3 Å². The molecule has 4 aliphatic rings. The van der Waals surface area contributed by atoms with Gasteiger partial charge in [-0.15, -0.1) is 0 Å². The number of nitrogens with zero attached hydrogens (tertiary/aromatic N) is 1. The molecule has 3 fully saturated rings. The second-order valence-corrected chi connectivity index (χ2v) is 6.15. The molecule has 3 heterocycles. The molecule has 6 nitrogen and oxygen atoms in total. The van der Waals surface area contributed by atoms with Crippen LogP contribution in [-0.2, 0) is 19.1 Å². The Hall–Kier alpha value is -1.92. The SMILES string of the molecule is C1CC2CC1O2.COC1C(c2ccccc2)=NOC1(C)C(=O)O. The van der Waals surface area contributed by atoms with Crippen molar-refractivity contribution in [3.63, 3.8) is 0 Å². The van der Waals surface area contributed by atoms with Crippen molar-refractivity contribution in [2.24, 2.45) is 5.16 Å². The summed E-state index contributed by atoms with van der Waals surface area (Å²) in [7, 11) is 1.44. The van der Waals surface area contributed by atoms with Crippen molar-refractivity contribution in [3.05, 3.63) is 35.9 Å². The van der Waals surface area contributed by atoms with E-state index < -0.39 is 17.7 Å². The Morgan fingerprint density at radius 3 is 2.35 bits per heavy atom. The van der Waals surface area contributed by atoms with Crippen LogP contribution in [0.15, 0.2) is 35.5 Å². The van der Waals surface area contributed by atoms with Crippen LogP contribution in [0.3, 0.4) is 0 Å². The number of carbonyl (C=O) groups is 1. The molecule has 0 aromatic heterocycles. The van der Waals surface area contributed by atoms with E-state index in [1.165, 1.54) is 33.3 Å². The molecule has 23 heavy (non-hydrogen) atoms. The molecule has 0 spiro atoms. The largest absolute Gasteiger partial charge is 0.478 e. The molecule has 4 unspecified atom stereocenters. The highest BCUT2D eigenvalue weighted by molar-refractivity contribution is 6.08. The zero-order valence-electron chi connectivity index (χ0n) is 13.3. The second kappa shape index (κ2) is 6.29. The molecule has 2 saturated heterocycles. The van der Waals surface area contributed by atoms with Crippen molar-refractivity contribution >= 4 is 11.7 Å². The quantitative estimate of drug-likeness (QED) is 0.924. The minimum atomic E-state index is -1.47. The molecule has 0 radical (unpaired) electrons. The van der Waals surface area contributed by atoms with E-state index in [0.29, 0.717) is 17.9 Å². The lowest BCUT2D eigenvalue weighted by Crippen LogP contribution is -2.49. The number of carboxylic acid groups (broad SMARTS) is 1. The Morgan fingerprint density at radius 2 is 1.91 bits per heavy atom. The first kappa shape index (κ1) is 16.0. The second-order valence-electron chi connectivity index (χ2n) is 6.15. The van der Waals surface area contributed by atoms with Gasteiger partial charge < -0.3 is 19.4 Å². The lowest BCUT2D eigenvalue weighted by atomic mass is 9.92. The lowest BCUT2D eigenvalue weighted by Gasteiger charge is -2.23. The van der Waals surface area contributed by atoms with Crippen molar-refractivity contribution < 1.29 is 24.2 Å². The molecular formula is C17H21NO5. The summed E-state index contributed by atoms with van der Waals surface area (Å²) >= 11 is 0. The van der Waals surface area contributed by atoms with Crippen LogP contribution in [0.4, 0.5) is 0 Å². The van der Waals surface area contributed by atoms with E-state index in [1.54, 1.807) is 0 Å². The predicted octanol–water partition coefficient (Wildman–Crippen LogP) is 2.22. The number of hydrogen-bond donors (Lipinski definition) is 1. The number of aliphatic carboxylic acids is 1. The number of ether oxygens (including phenoxy) is 2. The Kier molecular flexibility index (Phi) is 4.37. The summed E-state index contributed by atoms with van der Waals surface area (Å²) in [6, 6.07) is 9.24. The standard InChI is InChI=1S/C12H13NO4.C5H8O/c1-12(11(14)15)10(16-2)9(13-17-12)8-6-4-3-5-7-8;1-2-5-3-4(1)6-5/h3-7,10H,1-2H3,(H,14,15);4-5H,1-3H2. The van der Waals surface area contributed by atoms with Crippen LogP contribution in [-0.4, -0.2) is 47.8 Å². The van der Waals surface area contributed by atoms with E-state index >= 15 is 0 Å². The first-order valence-electron chi connectivity index (χ1n) is 7.77. The summed E-state index contributed by atoms with van der Waals surface area (Å²) in [5.41, 5.74) is -0.178. The van der Waals surface area contributed by atoms with Crippen molar-refractivity contribution in [3.8, 4) is 0 Å². The van der Waals surface area contributed by atoms with Gasteiger partial charge in [-0.3, -0.25) is 0 Å². The molecule has 124 valence electrons. The van der Waals surface area contributed by atoms with Gasteiger partial charge in [0.2, 0.25) is 0 Å². The summed E-state index contributed by atoms with van der Waals surface area (Å²) in [5.74, 6) is -1.10. The number of rotatable bonds is 3. The molecule has 1 saturated carbocycles. The first-order valence-corrected chi connectivity index (χ1v) is 7.77. The van der Waals surface area contributed by atoms with Gasteiger partial charge in [0, 0.05) is 12.7 Å². The minimum Gasteiger partial charge on any atom is -0.478 e. The predicted molar refractivity (Wildman–Crippen MR) is 83.4 cm³/mol. The average Bonchev–Trinajstić information content (AvgIpc) is 3.23. The summed E-state index contributed by atoms with van der Waals surface area (Å²) in [6.07, 6.45) is 4.70. The van der Waals surface area contributed by atoms with Crippen molar-refractivity contribution in [1.29, 1.82) is 0 Å². The van der Waals surface area contributed by atoms with Crippen LogP contribution >= 0.6 is 0 Å². The van der Waals surface area contributed by atoms with Crippen LogP contribution < -0.4 is 0 Å². The van der Waals surface area contributed by atoms with Crippen molar-refractivity contribution in [1.82, 2.24) is 0 Å². The summed E-state index contributed by atoms with van der Waals surface area (Å²) in [4.78, 5) is 16.2. The number of fused-ring (bicyclic) bond motifs is 1. The topological polar surface area (TPSA) is 77.3 Å². The molecule has 1 aromatic carbocycles. The fourth-order valence-electron chi connectivity index (χ4n) is 3.10. The molecule has 4 atom stereocenters. The fourth-order valence-corrected chi connectivity index (χ4v) is 3.10. The highest BCUT2D eigenvalue weighted by atomic mass is 16.7. The molecule has 0 amide bonds. The smallest absolute Gasteiger partial charge is 0.353 e. The van der Waals surface area contributed by atoms with Gasteiger partial charge in [-0.25, -0.2) is 4.79 Å². The number of oxime groups is 1. The molecule has 1 aromatic rings. The van der Waals surface area contributed by atoms with Crippen LogP contribution in [0, 0.1) is 0 Å². The van der Waals surface area contributed by atoms with Gasteiger partial charge in [-0.2, -0.15) is 0 Å². The molecular weight excluding hydrogens is 298 g/mol. The normalized spacial score (nSPS) is 33.8. The Labute approximate surface area is 135 Å². The lowest BCUT2D eigenvalue weighted by molar-refractivity contribution is -0.170. The van der Waals surface area contributed by atoms with Crippen LogP contribution in [0.1, 0.15) is 31.7 Å². The molecule has 2 bridgehead atoms. The molecule has 6 heteroatoms. The van der Waals surface area contributed by atoms with Gasteiger partial charge in [0.05, 0.1) is 12.2 Å². The number of benzene rings is 1. The molecule has 1 aliphatic carbocycles. The zero-order chi connectivity index (χ0) is 16.4. The van der Waals surface area contributed by atoms with Gasteiger partial charge in [0.25, 0.3) is 5.60 Å². The minimum absolute atomic E-state index is 0.498. The Bertz CT molecular complexity index is 583. The maximum atomic E-state index is 11.2. The van der Waals surface area contributed by atoms with Gasteiger partial charge in [0.1, 0.15) is 5.71 Å². The number of hydrogen-bond acceptors (Lipinski definition) is 5. The third kappa shape index (κ3) is 2.96. The van der Waals surface area contributed by atoms with Crippen LogP contribution in [0.5, 0.6) is 0 Å². The van der Waals surface area contributed by atoms with Crippen LogP contribution in [0.25, 0.3) is 0 Å². The van der Waals surface area contributed by atoms with E-state index in [2.05, 4.69) is 5.16 Å². The van der Waals surface area contributed by atoms with Gasteiger partial charge >= 0.3 is 5.97 Å². The first-order chi connectivity index (χ1) is 11.0. The molecule has 1 N–H and O–H groups in total. The average molecular weight is 319 g/mol. The monoisotopic (exact) mass is 319 g/mol. The van der Waals surface area contributed by atoms with Gasteiger partial charge in [-0.05, 0) is 26.2 Å². The number of carboxylic acids is 1.